The van der Waals surface area contributed by atoms with E-state index in [1.165, 1.54) is 32.1 Å². The molecule has 0 unspecified atom stereocenters. The normalized spacial score (nSPS) is 15.8. The Morgan fingerprint density at radius 3 is 2.85 bits per heavy atom. The maximum absolute atomic E-state index is 5.80. The van der Waals surface area contributed by atoms with Gasteiger partial charge in [-0.2, -0.15) is 0 Å². The van der Waals surface area contributed by atoms with Crippen LogP contribution in [-0.4, -0.2) is 20.2 Å². The van der Waals surface area contributed by atoms with E-state index in [0.29, 0.717) is 0 Å². The summed E-state index contributed by atoms with van der Waals surface area (Å²) < 4.78 is 1.93. The zero-order valence-electron chi connectivity index (χ0n) is 11.9. The standard InChI is InChI=1S/C15H21N5/c1-11-10-13(16)6-7-14(11)15-17-18-19-20(15)9-8-12-4-2-3-5-12/h6-7,10,12H,2-5,8-9,16H2,1H3. The predicted molar refractivity (Wildman–Crippen MR) is 79.0 cm³/mol. The van der Waals surface area contributed by atoms with Crippen LogP contribution in [0.5, 0.6) is 0 Å². The quantitative estimate of drug-likeness (QED) is 0.868. The Morgan fingerprint density at radius 1 is 1.30 bits per heavy atom. The summed E-state index contributed by atoms with van der Waals surface area (Å²) in [5, 5.41) is 12.2. The summed E-state index contributed by atoms with van der Waals surface area (Å²) in [6.07, 6.45) is 6.65. The molecule has 0 saturated heterocycles. The molecule has 1 fully saturated rings. The Kier molecular flexibility index (Phi) is 3.67. The molecule has 1 heterocycles. The largest absolute Gasteiger partial charge is 0.399 e. The molecule has 0 radical (unpaired) electrons. The molecule has 1 aliphatic rings. The summed E-state index contributed by atoms with van der Waals surface area (Å²) in [6, 6.07) is 5.87. The summed E-state index contributed by atoms with van der Waals surface area (Å²) in [5.74, 6) is 1.69. The molecule has 0 aliphatic heterocycles. The van der Waals surface area contributed by atoms with E-state index in [2.05, 4.69) is 15.5 Å². The molecule has 0 spiro atoms. The number of rotatable bonds is 4. The van der Waals surface area contributed by atoms with Gasteiger partial charge in [0.2, 0.25) is 0 Å². The molecule has 1 aliphatic carbocycles. The van der Waals surface area contributed by atoms with E-state index in [1.54, 1.807) is 0 Å². The summed E-state index contributed by atoms with van der Waals surface area (Å²) in [7, 11) is 0. The lowest BCUT2D eigenvalue weighted by molar-refractivity contribution is 0.436. The van der Waals surface area contributed by atoms with Gasteiger partial charge in [-0.25, -0.2) is 4.68 Å². The van der Waals surface area contributed by atoms with Crippen LogP contribution in [-0.2, 0) is 6.54 Å². The fourth-order valence-corrected chi connectivity index (χ4v) is 3.09. The van der Waals surface area contributed by atoms with E-state index < -0.39 is 0 Å². The SMILES string of the molecule is Cc1cc(N)ccc1-c1nnnn1CCC1CCCC1. The Bertz CT molecular complexity index is 584. The first kappa shape index (κ1) is 13.1. The third-order valence-corrected chi connectivity index (χ3v) is 4.25. The maximum atomic E-state index is 5.80. The number of nitrogens with two attached hydrogens (primary N) is 1. The number of aromatic nitrogens is 4. The van der Waals surface area contributed by atoms with E-state index >= 15 is 0 Å². The maximum Gasteiger partial charge on any atom is 0.182 e. The lowest BCUT2D eigenvalue weighted by Crippen LogP contribution is -2.07. The van der Waals surface area contributed by atoms with Gasteiger partial charge in [0.05, 0.1) is 0 Å². The molecule has 1 aromatic carbocycles. The summed E-state index contributed by atoms with van der Waals surface area (Å²) in [4.78, 5) is 0. The van der Waals surface area contributed by atoms with Crippen LogP contribution in [0.25, 0.3) is 11.4 Å². The Hall–Kier alpha value is -1.91. The van der Waals surface area contributed by atoms with Crippen molar-refractivity contribution < 1.29 is 0 Å². The Morgan fingerprint density at radius 2 is 2.10 bits per heavy atom. The molecular formula is C15H21N5. The van der Waals surface area contributed by atoms with Gasteiger partial charge in [-0.05, 0) is 53.5 Å². The van der Waals surface area contributed by atoms with Crippen molar-refractivity contribution in [2.45, 2.75) is 45.6 Å². The second-order valence-electron chi connectivity index (χ2n) is 5.74. The summed E-state index contributed by atoms with van der Waals surface area (Å²) in [5.41, 5.74) is 8.75. The molecule has 20 heavy (non-hydrogen) atoms. The third-order valence-electron chi connectivity index (χ3n) is 4.25. The minimum Gasteiger partial charge on any atom is -0.399 e. The molecule has 2 aromatic rings. The van der Waals surface area contributed by atoms with Gasteiger partial charge in [0.25, 0.3) is 0 Å². The highest BCUT2D eigenvalue weighted by Crippen LogP contribution is 2.29. The van der Waals surface area contributed by atoms with Crippen molar-refractivity contribution in [3.8, 4) is 11.4 Å². The Labute approximate surface area is 119 Å². The fraction of sp³-hybridized carbons (Fsp3) is 0.533. The highest BCUT2D eigenvalue weighted by Gasteiger charge is 2.17. The van der Waals surface area contributed by atoms with Gasteiger partial charge in [-0.3, -0.25) is 0 Å². The lowest BCUT2D eigenvalue weighted by atomic mass is 10.0. The summed E-state index contributed by atoms with van der Waals surface area (Å²) in [6.45, 7) is 2.94. The molecule has 3 rings (SSSR count). The average Bonchev–Trinajstić information content (AvgIpc) is 3.07. The molecule has 2 N–H and O–H groups in total. The molecule has 1 aromatic heterocycles. The second kappa shape index (κ2) is 5.61. The van der Waals surface area contributed by atoms with Crippen molar-refractivity contribution in [3.05, 3.63) is 23.8 Å². The number of anilines is 1. The van der Waals surface area contributed by atoms with Gasteiger partial charge >= 0.3 is 0 Å². The number of benzene rings is 1. The first-order valence-electron chi connectivity index (χ1n) is 7.36. The van der Waals surface area contributed by atoms with E-state index in [0.717, 1.165) is 35.1 Å². The van der Waals surface area contributed by atoms with Gasteiger partial charge in [0.1, 0.15) is 0 Å². The van der Waals surface area contributed by atoms with Crippen LogP contribution in [0.3, 0.4) is 0 Å². The van der Waals surface area contributed by atoms with E-state index in [4.69, 9.17) is 5.73 Å². The first-order valence-corrected chi connectivity index (χ1v) is 7.36. The first-order chi connectivity index (χ1) is 9.74. The molecular weight excluding hydrogens is 250 g/mol. The van der Waals surface area contributed by atoms with Gasteiger partial charge in [-0.15, -0.1) is 5.10 Å². The minimum atomic E-state index is 0.774. The zero-order chi connectivity index (χ0) is 13.9. The van der Waals surface area contributed by atoms with Crippen molar-refractivity contribution in [1.29, 1.82) is 0 Å². The smallest absolute Gasteiger partial charge is 0.182 e. The van der Waals surface area contributed by atoms with Crippen LogP contribution >= 0.6 is 0 Å². The predicted octanol–water partition coefficient (Wildman–Crippen LogP) is 2.81. The number of hydrogen-bond acceptors (Lipinski definition) is 4. The minimum absolute atomic E-state index is 0.774. The molecule has 0 atom stereocenters. The molecule has 0 bridgehead atoms. The van der Waals surface area contributed by atoms with Crippen LogP contribution in [0.4, 0.5) is 5.69 Å². The van der Waals surface area contributed by atoms with Crippen molar-refractivity contribution in [2.75, 3.05) is 5.73 Å². The highest BCUT2D eigenvalue weighted by molar-refractivity contribution is 5.63. The number of nitrogens with zero attached hydrogens (tertiary/aromatic N) is 4. The molecule has 5 heteroatoms. The van der Waals surface area contributed by atoms with Gasteiger partial charge in [0, 0.05) is 17.8 Å². The van der Waals surface area contributed by atoms with Crippen LogP contribution < -0.4 is 5.73 Å². The van der Waals surface area contributed by atoms with E-state index in [1.807, 2.05) is 29.8 Å². The summed E-state index contributed by atoms with van der Waals surface area (Å²) >= 11 is 0. The van der Waals surface area contributed by atoms with Crippen molar-refractivity contribution >= 4 is 5.69 Å². The molecule has 5 nitrogen and oxygen atoms in total. The lowest BCUT2D eigenvalue weighted by Gasteiger charge is -2.10. The number of aryl methyl sites for hydroxylation is 2. The Balaban J connectivity index is 1.78. The topological polar surface area (TPSA) is 69.6 Å². The van der Waals surface area contributed by atoms with Crippen LogP contribution in [0, 0.1) is 12.8 Å². The average molecular weight is 271 g/mol. The molecule has 106 valence electrons. The van der Waals surface area contributed by atoms with Crippen LogP contribution in [0.2, 0.25) is 0 Å². The second-order valence-corrected chi connectivity index (χ2v) is 5.74. The van der Waals surface area contributed by atoms with Crippen molar-refractivity contribution in [3.63, 3.8) is 0 Å². The molecule has 0 amide bonds. The van der Waals surface area contributed by atoms with Gasteiger partial charge in [0.15, 0.2) is 5.82 Å². The highest BCUT2D eigenvalue weighted by atomic mass is 15.5. The van der Waals surface area contributed by atoms with Gasteiger partial charge in [-0.1, -0.05) is 25.7 Å². The number of tetrazole rings is 1. The monoisotopic (exact) mass is 271 g/mol. The fourth-order valence-electron chi connectivity index (χ4n) is 3.09. The van der Waals surface area contributed by atoms with Crippen molar-refractivity contribution in [1.82, 2.24) is 20.2 Å². The van der Waals surface area contributed by atoms with Crippen LogP contribution in [0.1, 0.15) is 37.7 Å². The molecule has 1 saturated carbocycles. The van der Waals surface area contributed by atoms with Crippen molar-refractivity contribution in [2.24, 2.45) is 5.92 Å². The zero-order valence-corrected chi connectivity index (χ0v) is 11.9. The van der Waals surface area contributed by atoms with E-state index in [9.17, 15) is 0 Å². The third kappa shape index (κ3) is 2.66. The number of hydrogen-bond donors (Lipinski definition) is 1. The van der Waals surface area contributed by atoms with Crippen LogP contribution in [0.15, 0.2) is 18.2 Å². The van der Waals surface area contributed by atoms with Gasteiger partial charge < -0.3 is 5.73 Å². The number of nitrogen functional groups attached to an aromatic ring is 1. The van der Waals surface area contributed by atoms with E-state index in [-0.39, 0.29) is 0 Å².